The van der Waals surface area contributed by atoms with Gasteiger partial charge in [-0.25, -0.2) is 0 Å². The van der Waals surface area contributed by atoms with Crippen molar-refractivity contribution < 1.29 is 13.9 Å². The molecule has 5 nitrogen and oxygen atoms in total. The lowest BCUT2D eigenvalue weighted by molar-refractivity contribution is -0.140. The van der Waals surface area contributed by atoms with E-state index in [1.54, 1.807) is 11.2 Å². The zero-order valence-corrected chi connectivity index (χ0v) is 11.5. The van der Waals surface area contributed by atoms with Gasteiger partial charge in [0.25, 0.3) is 0 Å². The highest BCUT2D eigenvalue weighted by molar-refractivity contribution is 5.84. The Hall–Kier alpha value is -1.33. The molecule has 3 rings (SSSR count). The molecule has 2 atom stereocenters. The van der Waals surface area contributed by atoms with E-state index < -0.39 is 0 Å². The van der Waals surface area contributed by atoms with Crippen molar-refractivity contribution in [3.63, 3.8) is 0 Å². The molecule has 0 saturated carbocycles. The number of nitrogens with zero attached hydrogens (tertiary/aromatic N) is 2. The predicted molar refractivity (Wildman–Crippen MR) is 69.4 cm³/mol. The second kappa shape index (κ2) is 4.65. The number of furan rings is 1. The maximum atomic E-state index is 12.5. The molecule has 1 aromatic rings. The molecule has 19 heavy (non-hydrogen) atoms. The molecule has 1 amide bonds. The van der Waals surface area contributed by atoms with E-state index in [4.69, 9.17) is 9.15 Å². The van der Waals surface area contributed by atoms with Crippen LogP contribution in [0.1, 0.15) is 5.76 Å². The summed E-state index contributed by atoms with van der Waals surface area (Å²) in [5, 5.41) is 0. The zero-order chi connectivity index (χ0) is 13.5. The van der Waals surface area contributed by atoms with Crippen LogP contribution in [0.5, 0.6) is 0 Å². The first-order chi connectivity index (χ1) is 9.12. The predicted octanol–water partition coefficient (Wildman–Crippen LogP) is 0.816. The number of carbonyl (C=O) groups is 1. The van der Waals surface area contributed by atoms with Crippen LogP contribution in [-0.4, -0.2) is 56.1 Å². The van der Waals surface area contributed by atoms with Crippen molar-refractivity contribution in [1.29, 1.82) is 0 Å². The van der Waals surface area contributed by atoms with Gasteiger partial charge in [-0.2, -0.15) is 0 Å². The Kier molecular flexibility index (Phi) is 3.11. The minimum absolute atomic E-state index is 0.192. The molecule has 1 aromatic heterocycles. The normalized spacial score (nSPS) is 30.5. The van der Waals surface area contributed by atoms with Gasteiger partial charge in [0.05, 0.1) is 31.4 Å². The molecule has 3 heterocycles. The van der Waals surface area contributed by atoms with E-state index in [0.717, 1.165) is 25.4 Å². The number of likely N-dealkylation sites (tertiary alicyclic amines) is 1. The van der Waals surface area contributed by atoms with Crippen molar-refractivity contribution in [2.45, 2.75) is 6.54 Å². The van der Waals surface area contributed by atoms with Crippen molar-refractivity contribution >= 4 is 5.91 Å². The van der Waals surface area contributed by atoms with Crippen molar-refractivity contribution in [3.05, 3.63) is 24.2 Å². The molecular formula is C14H20N2O3. The van der Waals surface area contributed by atoms with Crippen molar-refractivity contribution in [2.24, 2.45) is 11.3 Å². The summed E-state index contributed by atoms with van der Waals surface area (Å²) in [5.41, 5.74) is -0.351. The molecule has 2 aliphatic rings. The number of carbonyl (C=O) groups excluding carboxylic acids is 1. The topological polar surface area (TPSA) is 45.9 Å². The molecule has 0 spiro atoms. The van der Waals surface area contributed by atoms with E-state index >= 15 is 0 Å². The maximum absolute atomic E-state index is 12.5. The van der Waals surface area contributed by atoms with Gasteiger partial charge in [0, 0.05) is 33.1 Å². The average molecular weight is 264 g/mol. The standard InChI is InChI=1S/C14H20N2O3/c1-15(2)13(17)14-9-16(6-11(14)8-18-10-14)7-12-4-3-5-19-12/h3-5,11H,6-10H2,1-2H3/t11-,14-/m0/s1. The smallest absolute Gasteiger partial charge is 0.232 e. The van der Waals surface area contributed by atoms with E-state index in [-0.39, 0.29) is 11.3 Å². The summed E-state index contributed by atoms with van der Waals surface area (Å²) in [7, 11) is 3.64. The van der Waals surface area contributed by atoms with E-state index in [9.17, 15) is 4.79 Å². The Morgan fingerprint density at radius 1 is 1.58 bits per heavy atom. The molecule has 2 aliphatic heterocycles. The minimum atomic E-state index is -0.351. The summed E-state index contributed by atoms with van der Waals surface area (Å²) in [6.45, 7) is 3.67. The van der Waals surface area contributed by atoms with Crippen LogP contribution in [0.2, 0.25) is 0 Å². The molecule has 2 saturated heterocycles. The van der Waals surface area contributed by atoms with Crippen molar-refractivity contribution in [1.82, 2.24) is 9.80 Å². The molecular weight excluding hydrogens is 244 g/mol. The van der Waals surface area contributed by atoms with E-state index in [0.29, 0.717) is 19.1 Å². The Labute approximate surface area is 113 Å². The molecule has 0 unspecified atom stereocenters. The lowest BCUT2D eigenvalue weighted by Crippen LogP contribution is -2.46. The second-order valence-electron chi connectivity index (χ2n) is 5.82. The quantitative estimate of drug-likeness (QED) is 0.811. The van der Waals surface area contributed by atoms with Crippen molar-refractivity contribution in [3.8, 4) is 0 Å². The fourth-order valence-corrected chi connectivity index (χ4v) is 3.33. The third-order valence-corrected chi connectivity index (χ3v) is 4.24. The van der Waals surface area contributed by atoms with Gasteiger partial charge in [-0.3, -0.25) is 9.69 Å². The Bertz CT molecular complexity index is 457. The van der Waals surface area contributed by atoms with Crippen LogP contribution in [0.25, 0.3) is 0 Å². The van der Waals surface area contributed by atoms with E-state index in [2.05, 4.69) is 4.90 Å². The van der Waals surface area contributed by atoms with Crippen LogP contribution in [0.15, 0.2) is 22.8 Å². The van der Waals surface area contributed by atoms with Crippen LogP contribution in [-0.2, 0) is 16.1 Å². The van der Waals surface area contributed by atoms with Crippen LogP contribution in [0.4, 0.5) is 0 Å². The molecule has 104 valence electrons. The number of rotatable bonds is 3. The maximum Gasteiger partial charge on any atom is 0.232 e. The fourth-order valence-electron chi connectivity index (χ4n) is 3.33. The Morgan fingerprint density at radius 2 is 2.42 bits per heavy atom. The van der Waals surface area contributed by atoms with Gasteiger partial charge >= 0.3 is 0 Å². The molecule has 0 N–H and O–H groups in total. The number of amides is 1. The first-order valence-electron chi connectivity index (χ1n) is 6.66. The van der Waals surface area contributed by atoms with Crippen LogP contribution < -0.4 is 0 Å². The third kappa shape index (κ3) is 2.07. The van der Waals surface area contributed by atoms with Gasteiger partial charge in [0.2, 0.25) is 5.91 Å². The van der Waals surface area contributed by atoms with E-state index in [1.807, 2.05) is 26.2 Å². The molecule has 0 radical (unpaired) electrons. The van der Waals surface area contributed by atoms with Gasteiger partial charge in [-0.1, -0.05) is 0 Å². The summed E-state index contributed by atoms with van der Waals surface area (Å²) >= 11 is 0. The summed E-state index contributed by atoms with van der Waals surface area (Å²) in [4.78, 5) is 16.5. The highest BCUT2D eigenvalue weighted by atomic mass is 16.5. The average Bonchev–Trinajstić information content (AvgIpc) is 3.03. The number of fused-ring (bicyclic) bond motifs is 1. The van der Waals surface area contributed by atoms with Gasteiger partial charge in [0.1, 0.15) is 5.76 Å². The third-order valence-electron chi connectivity index (χ3n) is 4.24. The van der Waals surface area contributed by atoms with Gasteiger partial charge in [-0.15, -0.1) is 0 Å². The zero-order valence-electron chi connectivity index (χ0n) is 11.5. The first kappa shape index (κ1) is 12.7. The van der Waals surface area contributed by atoms with E-state index in [1.165, 1.54) is 0 Å². The fraction of sp³-hybridized carbons (Fsp3) is 0.643. The lowest BCUT2D eigenvalue weighted by Gasteiger charge is -2.29. The largest absolute Gasteiger partial charge is 0.468 e. The highest BCUT2D eigenvalue weighted by Crippen LogP contribution is 2.42. The van der Waals surface area contributed by atoms with Gasteiger partial charge in [-0.05, 0) is 12.1 Å². The summed E-state index contributed by atoms with van der Waals surface area (Å²) in [5.74, 6) is 1.45. The van der Waals surface area contributed by atoms with Crippen LogP contribution >= 0.6 is 0 Å². The highest BCUT2D eigenvalue weighted by Gasteiger charge is 2.56. The van der Waals surface area contributed by atoms with Gasteiger partial charge in [0.15, 0.2) is 0 Å². The number of hydrogen-bond acceptors (Lipinski definition) is 4. The SMILES string of the molecule is CN(C)C(=O)[C@@]12COC[C@@H]1CN(Cc1ccco1)C2. The molecule has 0 bridgehead atoms. The minimum Gasteiger partial charge on any atom is -0.468 e. The number of ether oxygens (including phenoxy) is 1. The summed E-state index contributed by atoms with van der Waals surface area (Å²) < 4.78 is 11.0. The summed E-state index contributed by atoms with van der Waals surface area (Å²) in [6, 6.07) is 3.88. The Balaban J connectivity index is 1.76. The number of hydrogen-bond donors (Lipinski definition) is 0. The van der Waals surface area contributed by atoms with Crippen molar-refractivity contribution in [2.75, 3.05) is 40.4 Å². The van der Waals surface area contributed by atoms with Crippen LogP contribution in [0.3, 0.4) is 0 Å². The van der Waals surface area contributed by atoms with Crippen LogP contribution in [0, 0.1) is 11.3 Å². The molecule has 2 fully saturated rings. The first-order valence-corrected chi connectivity index (χ1v) is 6.66. The molecule has 0 aromatic carbocycles. The lowest BCUT2D eigenvalue weighted by atomic mass is 9.80. The molecule has 0 aliphatic carbocycles. The monoisotopic (exact) mass is 264 g/mol. The second-order valence-corrected chi connectivity index (χ2v) is 5.82. The molecule has 5 heteroatoms. The Morgan fingerprint density at radius 3 is 3.11 bits per heavy atom. The van der Waals surface area contributed by atoms with Gasteiger partial charge < -0.3 is 14.1 Å². The summed E-state index contributed by atoms with van der Waals surface area (Å²) in [6.07, 6.45) is 1.69.